The van der Waals surface area contributed by atoms with Crippen molar-refractivity contribution >= 4 is 19.1 Å². The number of rotatable bonds is 3. The Balaban J connectivity index is 0.000000181. The van der Waals surface area contributed by atoms with E-state index in [2.05, 4.69) is 48.5 Å². The van der Waals surface area contributed by atoms with Gasteiger partial charge < -0.3 is 4.57 Å². The summed E-state index contributed by atoms with van der Waals surface area (Å²) in [6.45, 7) is 5.77. The first kappa shape index (κ1) is 18.9. The molecule has 2 nitrogen and oxygen atoms in total. The third kappa shape index (κ3) is 5.27. The van der Waals surface area contributed by atoms with Crippen LogP contribution >= 0.6 is 7.80 Å². The summed E-state index contributed by atoms with van der Waals surface area (Å²) in [6.07, 6.45) is 0. The molecule has 3 aromatic carbocycles. The van der Waals surface area contributed by atoms with Crippen LogP contribution in [0.15, 0.2) is 72.8 Å². The number of carbonyl (C=O) groups excluding carboxylic acids is 1. The minimum Gasteiger partial charge on any atom is -0.314 e. The topological polar surface area (TPSA) is 34.1 Å². The van der Waals surface area contributed by atoms with E-state index in [1.54, 1.807) is 0 Å². The van der Waals surface area contributed by atoms with Crippen molar-refractivity contribution in [3.63, 3.8) is 0 Å². The minimum absolute atomic E-state index is 0.551. The lowest BCUT2D eigenvalue weighted by Gasteiger charge is -2.07. The molecule has 0 saturated carbocycles. The second-order valence-corrected chi connectivity index (χ2v) is 7.45. The average molecular weight is 350 g/mol. The number of aryl methyl sites for hydroxylation is 3. The van der Waals surface area contributed by atoms with Crippen molar-refractivity contribution in [3.05, 3.63) is 89.5 Å². The second kappa shape index (κ2) is 9.15. The fraction of sp³-hybridized carbons (Fsp3) is 0.136. The molecule has 0 fully saturated rings. The molecule has 0 aliphatic rings. The van der Waals surface area contributed by atoms with Crippen molar-refractivity contribution in [1.82, 2.24) is 0 Å². The van der Waals surface area contributed by atoms with Gasteiger partial charge in [0.05, 0.1) is 0 Å². The largest absolute Gasteiger partial charge is 0.314 e. The van der Waals surface area contributed by atoms with Crippen molar-refractivity contribution in [1.29, 1.82) is 0 Å². The van der Waals surface area contributed by atoms with Gasteiger partial charge in [-0.25, -0.2) is 0 Å². The highest BCUT2D eigenvalue weighted by molar-refractivity contribution is 7.68. The second-order valence-electron chi connectivity index (χ2n) is 5.99. The third-order valence-electron chi connectivity index (χ3n) is 3.91. The molecule has 0 aliphatic heterocycles. The van der Waals surface area contributed by atoms with E-state index in [1.807, 2.05) is 45.0 Å². The first-order valence-corrected chi connectivity index (χ1v) is 9.69. The molecule has 0 aromatic heterocycles. The van der Waals surface area contributed by atoms with Gasteiger partial charge in [-0.15, -0.1) is 0 Å². The Morgan fingerprint density at radius 1 is 0.720 bits per heavy atom. The Morgan fingerprint density at radius 3 is 1.48 bits per heavy atom. The standard InChI is InChI=1S/C12H10.C10H13O2P/c1-3-7-11(8-4-1)12-9-5-2-6-10-12;1-7-4-8(2)10(9(3)5-7)13(12)6-11/h1-10H;4-6,13H,1-3H3. The lowest BCUT2D eigenvalue weighted by molar-refractivity contribution is 0.560. The molecule has 0 radical (unpaired) electrons. The zero-order chi connectivity index (χ0) is 18.2. The molecule has 25 heavy (non-hydrogen) atoms. The van der Waals surface area contributed by atoms with Crippen molar-refractivity contribution in [2.75, 3.05) is 0 Å². The lowest BCUT2D eigenvalue weighted by Crippen LogP contribution is -2.07. The van der Waals surface area contributed by atoms with E-state index in [1.165, 1.54) is 11.1 Å². The fourth-order valence-corrected chi connectivity index (χ4v) is 3.93. The van der Waals surface area contributed by atoms with E-state index in [0.717, 1.165) is 22.0 Å². The van der Waals surface area contributed by atoms with Gasteiger partial charge in [-0.1, -0.05) is 78.4 Å². The Kier molecular flexibility index (Phi) is 6.91. The van der Waals surface area contributed by atoms with Crippen LogP contribution in [-0.4, -0.2) is 6.03 Å². The van der Waals surface area contributed by atoms with Gasteiger partial charge in [-0.2, -0.15) is 0 Å². The maximum atomic E-state index is 11.4. The van der Waals surface area contributed by atoms with Crippen molar-refractivity contribution < 1.29 is 9.36 Å². The highest BCUT2D eigenvalue weighted by atomic mass is 31.1. The van der Waals surface area contributed by atoms with E-state index in [0.29, 0.717) is 6.03 Å². The molecule has 128 valence electrons. The van der Waals surface area contributed by atoms with Gasteiger partial charge in [-0.05, 0) is 43.0 Å². The maximum absolute atomic E-state index is 11.4. The summed E-state index contributed by atoms with van der Waals surface area (Å²) < 4.78 is 11.4. The van der Waals surface area contributed by atoms with Gasteiger partial charge in [-0.3, -0.25) is 4.79 Å². The Hall–Kier alpha value is -2.44. The van der Waals surface area contributed by atoms with Crippen LogP contribution in [0.3, 0.4) is 0 Å². The van der Waals surface area contributed by atoms with Crippen LogP contribution in [-0.2, 0) is 9.36 Å². The summed E-state index contributed by atoms with van der Waals surface area (Å²) >= 11 is 0. The molecule has 0 heterocycles. The molecule has 0 N–H and O–H groups in total. The van der Waals surface area contributed by atoms with Crippen molar-refractivity contribution in [2.24, 2.45) is 0 Å². The van der Waals surface area contributed by atoms with Gasteiger partial charge in [0.2, 0.25) is 0 Å². The molecule has 0 saturated heterocycles. The average Bonchev–Trinajstić information content (AvgIpc) is 2.63. The van der Waals surface area contributed by atoms with Crippen LogP contribution in [0.5, 0.6) is 0 Å². The molecule has 0 aliphatic carbocycles. The number of carbonyl (C=O) groups is 1. The molecule has 0 bridgehead atoms. The quantitative estimate of drug-likeness (QED) is 0.472. The van der Waals surface area contributed by atoms with E-state index < -0.39 is 7.80 Å². The summed E-state index contributed by atoms with van der Waals surface area (Å²) in [7, 11) is -2.21. The first-order valence-electron chi connectivity index (χ1n) is 8.20. The Bertz CT molecular complexity index is 795. The number of benzene rings is 3. The minimum atomic E-state index is -2.21. The first-order chi connectivity index (χ1) is 12.0. The van der Waals surface area contributed by atoms with E-state index in [9.17, 15) is 9.36 Å². The van der Waals surface area contributed by atoms with Crippen LogP contribution in [0.1, 0.15) is 16.7 Å². The maximum Gasteiger partial charge on any atom is 0.180 e. The molecule has 1 unspecified atom stereocenters. The third-order valence-corrected chi connectivity index (χ3v) is 5.41. The van der Waals surface area contributed by atoms with Gasteiger partial charge in [0, 0.05) is 5.30 Å². The monoisotopic (exact) mass is 350 g/mol. The number of hydrogen-bond donors (Lipinski definition) is 0. The van der Waals surface area contributed by atoms with Gasteiger partial charge in [0.15, 0.2) is 13.8 Å². The van der Waals surface area contributed by atoms with Crippen LogP contribution in [0.2, 0.25) is 0 Å². The van der Waals surface area contributed by atoms with Gasteiger partial charge in [0.25, 0.3) is 0 Å². The summed E-state index contributed by atoms with van der Waals surface area (Å²) in [6, 6.07) is 25.2. The fourth-order valence-electron chi connectivity index (χ4n) is 2.89. The van der Waals surface area contributed by atoms with Crippen molar-refractivity contribution in [3.8, 4) is 11.1 Å². The zero-order valence-corrected chi connectivity index (χ0v) is 15.8. The zero-order valence-electron chi connectivity index (χ0n) is 14.8. The number of hydrogen-bond acceptors (Lipinski definition) is 2. The molecular formula is C22H23O2P. The van der Waals surface area contributed by atoms with Gasteiger partial charge >= 0.3 is 0 Å². The van der Waals surface area contributed by atoms with E-state index in [4.69, 9.17) is 0 Å². The predicted molar refractivity (Wildman–Crippen MR) is 108 cm³/mol. The molecule has 3 rings (SSSR count). The van der Waals surface area contributed by atoms with E-state index >= 15 is 0 Å². The lowest BCUT2D eigenvalue weighted by atomic mass is 10.1. The van der Waals surface area contributed by atoms with E-state index in [-0.39, 0.29) is 0 Å². The normalized spacial score (nSPS) is 11.2. The SMILES string of the molecule is Cc1cc(C)c([PH](=O)C=O)c(C)c1.c1ccc(-c2ccccc2)cc1. The smallest absolute Gasteiger partial charge is 0.180 e. The van der Waals surface area contributed by atoms with Crippen LogP contribution in [0, 0.1) is 20.8 Å². The Labute approximate surface area is 150 Å². The molecule has 0 amide bonds. The summed E-state index contributed by atoms with van der Waals surface area (Å²) in [5.74, 6) is 0. The van der Waals surface area contributed by atoms with Crippen LogP contribution in [0.4, 0.5) is 0 Å². The highest BCUT2D eigenvalue weighted by Gasteiger charge is 2.09. The summed E-state index contributed by atoms with van der Waals surface area (Å²) in [4.78, 5) is 10.4. The highest BCUT2D eigenvalue weighted by Crippen LogP contribution is 2.21. The molecule has 3 aromatic rings. The molecule has 3 heteroatoms. The predicted octanol–water partition coefficient (Wildman–Crippen LogP) is 5.34. The molecule has 1 atom stereocenters. The van der Waals surface area contributed by atoms with Crippen LogP contribution < -0.4 is 5.30 Å². The molecule has 0 spiro atoms. The Morgan fingerprint density at radius 2 is 1.12 bits per heavy atom. The van der Waals surface area contributed by atoms with Gasteiger partial charge in [0.1, 0.15) is 0 Å². The van der Waals surface area contributed by atoms with Crippen LogP contribution in [0.25, 0.3) is 11.1 Å². The molecular weight excluding hydrogens is 327 g/mol. The summed E-state index contributed by atoms with van der Waals surface area (Å²) in [5, 5.41) is 0.727. The summed E-state index contributed by atoms with van der Waals surface area (Å²) in [5.41, 5.74) is 5.60. The van der Waals surface area contributed by atoms with Crippen molar-refractivity contribution in [2.45, 2.75) is 20.8 Å².